The van der Waals surface area contributed by atoms with Crippen molar-refractivity contribution in [3.8, 4) is 0 Å². The zero-order valence-electron chi connectivity index (χ0n) is 13.6. The largest absolute Gasteiger partial charge is 0.353 e. The summed E-state index contributed by atoms with van der Waals surface area (Å²) in [6, 6.07) is 7.47. The summed E-state index contributed by atoms with van der Waals surface area (Å²) in [6.45, 7) is 7.18. The van der Waals surface area contributed by atoms with Crippen LogP contribution in [0.3, 0.4) is 0 Å². The van der Waals surface area contributed by atoms with Crippen LogP contribution < -0.4 is 10.2 Å². The van der Waals surface area contributed by atoms with Gasteiger partial charge in [-0.15, -0.1) is 0 Å². The van der Waals surface area contributed by atoms with Crippen LogP contribution in [0.1, 0.15) is 17.4 Å². The number of likely N-dealkylation sites (N-methyl/N-ethyl adjacent to an activating group) is 1. The maximum atomic E-state index is 12.3. The fourth-order valence-corrected chi connectivity index (χ4v) is 3.03. The first-order chi connectivity index (χ1) is 11.7. The number of halogens is 1. The molecule has 0 aliphatic carbocycles. The number of nitrogens with one attached hydrogen (secondary N) is 1. The van der Waals surface area contributed by atoms with E-state index in [0.29, 0.717) is 11.4 Å². The molecule has 0 bridgehead atoms. The number of amides is 1. The van der Waals surface area contributed by atoms with Gasteiger partial charge in [0.05, 0.1) is 18.1 Å². The molecule has 0 spiro atoms. The Kier molecular flexibility index (Phi) is 5.42. The van der Waals surface area contributed by atoms with E-state index in [4.69, 9.17) is 0 Å². The molecule has 2 aromatic rings. The molecule has 0 atom stereocenters. The van der Waals surface area contributed by atoms with E-state index < -0.39 is 0 Å². The van der Waals surface area contributed by atoms with Gasteiger partial charge in [-0.3, -0.25) is 4.79 Å². The second-order valence-corrected chi connectivity index (χ2v) is 6.47. The van der Waals surface area contributed by atoms with Gasteiger partial charge >= 0.3 is 0 Å². The summed E-state index contributed by atoms with van der Waals surface area (Å²) in [5.41, 5.74) is 1.02. The molecule has 0 radical (unpaired) electrons. The normalized spacial score (nSPS) is 15.3. The Morgan fingerprint density at radius 3 is 2.54 bits per heavy atom. The van der Waals surface area contributed by atoms with Crippen molar-refractivity contribution in [2.45, 2.75) is 6.92 Å². The number of hydrogen-bond donors (Lipinski definition) is 1. The average Bonchev–Trinajstić information content (AvgIpc) is 2.64. The van der Waals surface area contributed by atoms with Crippen molar-refractivity contribution in [3.63, 3.8) is 0 Å². The summed E-state index contributed by atoms with van der Waals surface area (Å²) in [4.78, 5) is 25.6. The average molecular weight is 390 g/mol. The lowest BCUT2D eigenvalue weighted by Crippen LogP contribution is -2.46. The number of carbonyl (C=O) groups is 1. The number of hydrogen-bond acceptors (Lipinski definition) is 5. The molecule has 24 heavy (non-hydrogen) atoms. The van der Waals surface area contributed by atoms with Crippen LogP contribution in [0.15, 0.2) is 41.1 Å². The summed E-state index contributed by atoms with van der Waals surface area (Å²) in [6.07, 6.45) is 3.21. The van der Waals surface area contributed by atoms with Gasteiger partial charge in [-0.05, 0) is 34.6 Å². The molecule has 7 heteroatoms. The van der Waals surface area contributed by atoms with Crippen LogP contribution >= 0.6 is 15.9 Å². The minimum absolute atomic E-state index is 0.267. The molecule has 3 rings (SSSR count). The molecule has 1 saturated heterocycles. The molecule has 1 N–H and O–H groups in total. The van der Waals surface area contributed by atoms with Gasteiger partial charge in [0.1, 0.15) is 11.5 Å². The molecule has 1 aliphatic rings. The Morgan fingerprint density at radius 2 is 1.92 bits per heavy atom. The highest BCUT2D eigenvalue weighted by atomic mass is 79.9. The Labute approximate surface area is 150 Å². The zero-order valence-corrected chi connectivity index (χ0v) is 15.2. The molecule has 1 aromatic heterocycles. The van der Waals surface area contributed by atoms with E-state index >= 15 is 0 Å². The molecular weight excluding hydrogens is 370 g/mol. The van der Waals surface area contributed by atoms with Gasteiger partial charge in [0.25, 0.3) is 5.91 Å². The maximum Gasteiger partial charge on any atom is 0.275 e. The predicted molar refractivity (Wildman–Crippen MR) is 98.5 cm³/mol. The third kappa shape index (κ3) is 3.91. The standard InChI is InChI=1S/C17H20BrN5O/c1-2-22-7-9-23(10-8-22)16-12-19-15(11-20-16)17(24)21-14-6-4-3-5-13(14)18/h3-6,11-12H,2,7-10H2,1H3,(H,21,24). The summed E-state index contributed by atoms with van der Waals surface area (Å²) in [7, 11) is 0. The summed E-state index contributed by atoms with van der Waals surface area (Å²) in [5, 5.41) is 2.83. The van der Waals surface area contributed by atoms with Gasteiger partial charge in [-0.1, -0.05) is 19.1 Å². The number of piperazine rings is 1. The first kappa shape index (κ1) is 16.9. The van der Waals surface area contributed by atoms with E-state index in [2.05, 4.69) is 47.9 Å². The van der Waals surface area contributed by atoms with Crippen LogP contribution in [0.2, 0.25) is 0 Å². The Morgan fingerprint density at radius 1 is 1.17 bits per heavy atom. The molecule has 6 nitrogen and oxygen atoms in total. The number of para-hydroxylation sites is 1. The van der Waals surface area contributed by atoms with Crippen LogP contribution in [-0.2, 0) is 0 Å². The molecule has 2 heterocycles. The fourth-order valence-electron chi connectivity index (χ4n) is 2.64. The minimum Gasteiger partial charge on any atom is -0.353 e. The SMILES string of the molecule is CCN1CCN(c2cnc(C(=O)Nc3ccccc3Br)cn2)CC1. The first-order valence-electron chi connectivity index (χ1n) is 8.02. The Balaban J connectivity index is 1.64. The Hall–Kier alpha value is -1.99. The molecule has 126 valence electrons. The molecule has 1 amide bonds. The monoisotopic (exact) mass is 389 g/mol. The van der Waals surface area contributed by atoms with E-state index in [-0.39, 0.29) is 5.91 Å². The van der Waals surface area contributed by atoms with Crippen LogP contribution in [0, 0.1) is 0 Å². The van der Waals surface area contributed by atoms with Gasteiger partial charge in [0.15, 0.2) is 0 Å². The van der Waals surface area contributed by atoms with Gasteiger partial charge < -0.3 is 15.1 Å². The second kappa shape index (κ2) is 7.72. The van der Waals surface area contributed by atoms with Crippen LogP contribution in [0.5, 0.6) is 0 Å². The number of anilines is 2. The van der Waals surface area contributed by atoms with Gasteiger partial charge in [0, 0.05) is 30.7 Å². The van der Waals surface area contributed by atoms with Crippen LogP contribution in [0.25, 0.3) is 0 Å². The van der Waals surface area contributed by atoms with Gasteiger partial charge in [-0.25, -0.2) is 9.97 Å². The van der Waals surface area contributed by atoms with Gasteiger partial charge in [-0.2, -0.15) is 0 Å². The molecule has 1 aromatic carbocycles. The van der Waals surface area contributed by atoms with Crippen molar-refractivity contribution < 1.29 is 4.79 Å². The maximum absolute atomic E-state index is 12.3. The zero-order chi connectivity index (χ0) is 16.9. The van der Waals surface area contributed by atoms with Crippen molar-refractivity contribution >= 4 is 33.3 Å². The van der Waals surface area contributed by atoms with Gasteiger partial charge in [0.2, 0.25) is 0 Å². The van der Waals surface area contributed by atoms with E-state index in [9.17, 15) is 4.79 Å². The third-order valence-corrected chi connectivity index (χ3v) is 4.83. The summed E-state index contributed by atoms with van der Waals surface area (Å²) in [5.74, 6) is 0.556. The highest BCUT2D eigenvalue weighted by Gasteiger charge is 2.18. The van der Waals surface area contributed by atoms with Crippen molar-refractivity contribution in [3.05, 3.63) is 46.8 Å². The van der Waals surface area contributed by atoms with E-state index in [1.807, 2.05) is 24.3 Å². The number of benzene rings is 1. The second-order valence-electron chi connectivity index (χ2n) is 5.62. The first-order valence-corrected chi connectivity index (χ1v) is 8.82. The Bertz CT molecular complexity index is 698. The fraction of sp³-hybridized carbons (Fsp3) is 0.353. The van der Waals surface area contributed by atoms with Crippen molar-refractivity contribution in [1.29, 1.82) is 0 Å². The quantitative estimate of drug-likeness (QED) is 0.870. The van der Waals surface area contributed by atoms with E-state index in [1.165, 1.54) is 6.20 Å². The minimum atomic E-state index is -0.267. The van der Waals surface area contributed by atoms with Crippen molar-refractivity contribution in [1.82, 2.24) is 14.9 Å². The smallest absolute Gasteiger partial charge is 0.275 e. The summed E-state index contributed by atoms with van der Waals surface area (Å²) < 4.78 is 0.830. The lowest BCUT2D eigenvalue weighted by atomic mass is 10.3. The van der Waals surface area contributed by atoms with E-state index in [1.54, 1.807) is 6.20 Å². The number of rotatable bonds is 4. The third-order valence-electron chi connectivity index (χ3n) is 4.14. The van der Waals surface area contributed by atoms with Crippen molar-refractivity contribution in [2.24, 2.45) is 0 Å². The lowest BCUT2D eigenvalue weighted by molar-refractivity contribution is 0.102. The van der Waals surface area contributed by atoms with Crippen LogP contribution in [-0.4, -0.2) is 53.5 Å². The number of nitrogens with zero attached hydrogens (tertiary/aromatic N) is 4. The van der Waals surface area contributed by atoms with Crippen LogP contribution in [0.4, 0.5) is 11.5 Å². The highest BCUT2D eigenvalue weighted by molar-refractivity contribution is 9.10. The molecule has 0 saturated carbocycles. The molecule has 1 aliphatic heterocycles. The highest BCUT2D eigenvalue weighted by Crippen LogP contribution is 2.21. The summed E-state index contributed by atoms with van der Waals surface area (Å²) >= 11 is 3.41. The van der Waals surface area contributed by atoms with E-state index in [0.717, 1.165) is 43.0 Å². The predicted octanol–water partition coefficient (Wildman–Crippen LogP) is 2.63. The molecule has 1 fully saturated rings. The topological polar surface area (TPSA) is 61.4 Å². The molecule has 0 unspecified atom stereocenters. The lowest BCUT2D eigenvalue weighted by Gasteiger charge is -2.34. The number of aromatic nitrogens is 2. The number of carbonyl (C=O) groups excluding carboxylic acids is 1. The van der Waals surface area contributed by atoms with Crippen molar-refractivity contribution in [2.75, 3.05) is 42.9 Å². The molecular formula is C17H20BrN5O.